The maximum atomic E-state index is 13.5. The molecular weight excluding hydrogens is 607 g/mol. The number of halogens is 3. The van der Waals surface area contributed by atoms with E-state index in [4.69, 9.17) is 4.74 Å². The van der Waals surface area contributed by atoms with Gasteiger partial charge in [0.15, 0.2) is 0 Å². The molecular formula is C29H26F3N3O6S2. The molecule has 226 valence electrons. The lowest BCUT2D eigenvalue weighted by Gasteiger charge is -2.24. The number of anilines is 3. The first-order chi connectivity index (χ1) is 20.3. The van der Waals surface area contributed by atoms with Gasteiger partial charge in [-0.1, -0.05) is 24.3 Å². The van der Waals surface area contributed by atoms with Crippen LogP contribution in [-0.2, 0) is 31.0 Å². The van der Waals surface area contributed by atoms with Crippen molar-refractivity contribution in [2.75, 3.05) is 27.5 Å². The number of nitrogens with zero attached hydrogens (tertiary/aromatic N) is 1. The van der Waals surface area contributed by atoms with Gasteiger partial charge < -0.3 is 10.1 Å². The van der Waals surface area contributed by atoms with Crippen LogP contribution in [-0.4, -0.2) is 35.9 Å². The molecule has 0 saturated carbocycles. The molecule has 0 spiro atoms. The molecule has 0 aliphatic carbocycles. The molecule has 0 aliphatic heterocycles. The second-order valence-corrected chi connectivity index (χ2v) is 12.6. The number of para-hydroxylation sites is 1. The smallest absolute Gasteiger partial charge is 0.416 e. The van der Waals surface area contributed by atoms with Gasteiger partial charge in [-0.2, -0.15) is 13.2 Å². The van der Waals surface area contributed by atoms with Crippen molar-refractivity contribution in [1.29, 1.82) is 0 Å². The molecule has 0 atom stereocenters. The molecule has 0 unspecified atom stereocenters. The van der Waals surface area contributed by atoms with Crippen molar-refractivity contribution >= 4 is 43.0 Å². The Morgan fingerprint density at radius 2 is 1.42 bits per heavy atom. The zero-order valence-corrected chi connectivity index (χ0v) is 24.2. The third-order valence-electron chi connectivity index (χ3n) is 5.94. The third kappa shape index (κ3) is 7.84. The van der Waals surface area contributed by atoms with Gasteiger partial charge in [0.2, 0.25) is 5.91 Å². The Bertz CT molecular complexity index is 1780. The maximum Gasteiger partial charge on any atom is 0.416 e. The maximum absolute atomic E-state index is 13.5. The molecule has 4 rings (SSSR count). The SMILES string of the molecule is CCOc1ccc(S(=O)(=O)N(CC(=O)Nc2ccc(S(=O)(=O)Nc3cccc(C(F)(F)F)c3)cc2)c2ccccc2)cc1. The number of hydrogen-bond acceptors (Lipinski definition) is 6. The van der Waals surface area contributed by atoms with Gasteiger partial charge in [-0.05, 0) is 85.8 Å². The van der Waals surface area contributed by atoms with Gasteiger partial charge in [0.05, 0.1) is 27.6 Å². The number of amides is 1. The summed E-state index contributed by atoms with van der Waals surface area (Å²) < 4.78 is 99.9. The second kappa shape index (κ2) is 12.8. The molecule has 0 bridgehead atoms. The monoisotopic (exact) mass is 633 g/mol. The highest BCUT2D eigenvalue weighted by molar-refractivity contribution is 7.93. The first-order valence-electron chi connectivity index (χ1n) is 12.7. The van der Waals surface area contributed by atoms with Crippen LogP contribution in [0.1, 0.15) is 12.5 Å². The van der Waals surface area contributed by atoms with Crippen LogP contribution in [0.5, 0.6) is 5.75 Å². The number of hydrogen-bond donors (Lipinski definition) is 2. The van der Waals surface area contributed by atoms with E-state index in [9.17, 15) is 34.8 Å². The molecule has 0 aliphatic rings. The van der Waals surface area contributed by atoms with Crippen molar-refractivity contribution in [1.82, 2.24) is 0 Å². The minimum Gasteiger partial charge on any atom is -0.494 e. The molecule has 0 radical (unpaired) electrons. The standard InChI is InChI=1S/C29H26F3N3O6S2/c1-2-41-25-13-17-27(18-14-25)43(39,40)35(24-9-4-3-5-10-24)20-28(36)33-22-11-15-26(16-12-22)42(37,38)34-23-8-6-7-21(19-23)29(30,31)32/h3-19,34H,2,20H2,1H3,(H,33,36). The number of carbonyl (C=O) groups excluding carboxylic acids is 1. The summed E-state index contributed by atoms with van der Waals surface area (Å²) in [6, 6.07) is 22.4. The lowest BCUT2D eigenvalue weighted by atomic mass is 10.2. The van der Waals surface area contributed by atoms with Gasteiger partial charge in [0.25, 0.3) is 20.0 Å². The minimum absolute atomic E-state index is 0.0598. The van der Waals surface area contributed by atoms with Crippen LogP contribution in [0.4, 0.5) is 30.2 Å². The van der Waals surface area contributed by atoms with Crippen molar-refractivity contribution in [2.45, 2.75) is 22.9 Å². The first-order valence-corrected chi connectivity index (χ1v) is 15.6. The summed E-state index contributed by atoms with van der Waals surface area (Å²) in [6.45, 7) is 1.60. The number of ether oxygens (including phenoxy) is 1. The number of nitrogens with one attached hydrogen (secondary N) is 2. The van der Waals surface area contributed by atoms with Gasteiger partial charge in [0, 0.05) is 11.4 Å². The van der Waals surface area contributed by atoms with Gasteiger partial charge in [-0.15, -0.1) is 0 Å². The summed E-state index contributed by atoms with van der Waals surface area (Å²) in [5.74, 6) is -0.225. The van der Waals surface area contributed by atoms with Gasteiger partial charge in [-0.25, -0.2) is 16.8 Å². The zero-order valence-electron chi connectivity index (χ0n) is 22.6. The van der Waals surface area contributed by atoms with Crippen molar-refractivity contribution in [3.8, 4) is 5.75 Å². The predicted octanol–water partition coefficient (Wildman–Crippen LogP) is 5.74. The molecule has 4 aromatic carbocycles. The highest BCUT2D eigenvalue weighted by Crippen LogP contribution is 2.31. The highest BCUT2D eigenvalue weighted by atomic mass is 32.2. The Morgan fingerprint density at radius 1 is 0.791 bits per heavy atom. The molecule has 9 nitrogen and oxygen atoms in total. The van der Waals surface area contributed by atoms with Gasteiger partial charge in [-0.3, -0.25) is 13.8 Å². The number of alkyl halides is 3. The second-order valence-electron chi connectivity index (χ2n) is 9.01. The summed E-state index contributed by atoms with van der Waals surface area (Å²) in [6.07, 6.45) is -4.65. The Labute approximate surface area is 247 Å². The molecule has 14 heteroatoms. The number of benzene rings is 4. The Balaban J connectivity index is 1.50. The van der Waals surface area contributed by atoms with Crippen LogP contribution < -0.4 is 19.1 Å². The van der Waals surface area contributed by atoms with E-state index in [1.165, 1.54) is 54.6 Å². The number of rotatable bonds is 11. The number of carbonyl (C=O) groups is 1. The third-order valence-corrected chi connectivity index (χ3v) is 9.13. The molecule has 0 aromatic heterocycles. The Morgan fingerprint density at radius 3 is 2.02 bits per heavy atom. The average Bonchev–Trinajstić information content (AvgIpc) is 2.96. The summed E-state index contributed by atoms with van der Waals surface area (Å²) in [5, 5.41) is 2.54. The average molecular weight is 634 g/mol. The van der Waals surface area contributed by atoms with Crippen molar-refractivity contribution in [3.05, 3.63) is 109 Å². The van der Waals surface area contributed by atoms with Crippen LogP contribution in [0.3, 0.4) is 0 Å². The molecule has 2 N–H and O–H groups in total. The molecule has 0 fully saturated rings. The quantitative estimate of drug-likeness (QED) is 0.217. The normalized spacial score (nSPS) is 11.9. The van der Waals surface area contributed by atoms with E-state index in [-0.39, 0.29) is 26.9 Å². The highest BCUT2D eigenvalue weighted by Gasteiger charge is 2.31. The zero-order chi connectivity index (χ0) is 31.3. The van der Waals surface area contributed by atoms with Crippen molar-refractivity contribution in [2.24, 2.45) is 0 Å². The first kappa shape index (κ1) is 31.4. The lowest BCUT2D eigenvalue weighted by molar-refractivity contribution is -0.137. The van der Waals surface area contributed by atoms with Crippen LogP contribution in [0.2, 0.25) is 0 Å². The molecule has 43 heavy (non-hydrogen) atoms. The van der Waals surface area contributed by atoms with E-state index in [1.54, 1.807) is 25.1 Å². The number of sulfonamides is 2. The van der Waals surface area contributed by atoms with E-state index < -0.39 is 44.2 Å². The van der Waals surface area contributed by atoms with Crippen LogP contribution in [0.15, 0.2) is 113 Å². The largest absolute Gasteiger partial charge is 0.494 e. The molecule has 0 saturated heterocycles. The molecule has 1 amide bonds. The fraction of sp³-hybridized carbons (Fsp3) is 0.138. The van der Waals surface area contributed by atoms with Gasteiger partial charge in [0.1, 0.15) is 12.3 Å². The topological polar surface area (TPSA) is 122 Å². The van der Waals surface area contributed by atoms with Crippen LogP contribution >= 0.6 is 0 Å². The van der Waals surface area contributed by atoms with Crippen molar-refractivity contribution in [3.63, 3.8) is 0 Å². The van der Waals surface area contributed by atoms with Crippen LogP contribution in [0, 0.1) is 0 Å². The summed E-state index contributed by atoms with van der Waals surface area (Å²) in [4.78, 5) is 12.7. The van der Waals surface area contributed by atoms with E-state index in [0.717, 1.165) is 28.6 Å². The minimum atomic E-state index is -4.65. The van der Waals surface area contributed by atoms with E-state index in [0.29, 0.717) is 18.4 Å². The summed E-state index contributed by atoms with van der Waals surface area (Å²) in [7, 11) is -8.44. The fourth-order valence-electron chi connectivity index (χ4n) is 3.93. The van der Waals surface area contributed by atoms with Gasteiger partial charge >= 0.3 is 6.18 Å². The lowest BCUT2D eigenvalue weighted by Crippen LogP contribution is -2.38. The predicted molar refractivity (Wildman–Crippen MR) is 156 cm³/mol. The Hall–Kier alpha value is -4.56. The van der Waals surface area contributed by atoms with Crippen molar-refractivity contribution < 1.29 is 39.5 Å². The molecule has 0 heterocycles. The van der Waals surface area contributed by atoms with E-state index in [1.807, 2.05) is 0 Å². The van der Waals surface area contributed by atoms with E-state index >= 15 is 0 Å². The van der Waals surface area contributed by atoms with Crippen LogP contribution in [0.25, 0.3) is 0 Å². The summed E-state index contributed by atoms with van der Waals surface area (Å²) in [5.41, 5.74) is -0.884. The summed E-state index contributed by atoms with van der Waals surface area (Å²) >= 11 is 0. The Kier molecular flexibility index (Phi) is 9.30. The fourth-order valence-corrected chi connectivity index (χ4v) is 6.40. The van der Waals surface area contributed by atoms with E-state index in [2.05, 4.69) is 10.0 Å². The molecule has 4 aromatic rings.